The van der Waals surface area contributed by atoms with Crippen LogP contribution in [0.3, 0.4) is 0 Å². The van der Waals surface area contributed by atoms with E-state index in [-0.39, 0.29) is 6.09 Å². The van der Waals surface area contributed by atoms with Gasteiger partial charge in [-0.1, -0.05) is 0 Å². The van der Waals surface area contributed by atoms with Crippen LogP contribution in [0.25, 0.3) is 11.3 Å². The number of nitrogens with one attached hydrogen (secondary N) is 1. The van der Waals surface area contributed by atoms with Crippen molar-refractivity contribution in [1.82, 2.24) is 24.8 Å². The highest BCUT2D eigenvalue weighted by Crippen LogP contribution is 2.26. The average Bonchev–Trinajstić information content (AvgIpc) is 2.78. The fourth-order valence-corrected chi connectivity index (χ4v) is 3.45. The van der Waals surface area contributed by atoms with E-state index in [0.29, 0.717) is 43.5 Å². The number of nitrogen functional groups attached to an aromatic ring is 1. The smallest absolute Gasteiger partial charge is 0.410 e. The molecule has 4 heterocycles. The Morgan fingerprint density at radius 1 is 1.03 bits per heavy atom. The zero-order valence-corrected chi connectivity index (χ0v) is 19.0. The lowest BCUT2D eigenvalue weighted by atomic mass is 10.1. The van der Waals surface area contributed by atoms with Crippen LogP contribution in [0.1, 0.15) is 20.8 Å². The van der Waals surface area contributed by atoms with Crippen LogP contribution < -0.4 is 16.0 Å². The van der Waals surface area contributed by atoms with Gasteiger partial charge in [-0.2, -0.15) is 0 Å². The zero-order chi connectivity index (χ0) is 23.4. The van der Waals surface area contributed by atoms with Gasteiger partial charge in [0.15, 0.2) is 0 Å². The van der Waals surface area contributed by atoms with Gasteiger partial charge in [-0.05, 0) is 39.0 Å². The quantitative estimate of drug-likeness (QED) is 0.619. The van der Waals surface area contributed by atoms with Crippen molar-refractivity contribution in [2.45, 2.75) is 26.4 Å². The molecule has 0 aromatic carbocycles. The van der Waals surface area contributed by atoms with Crippen molar-refractivity contribution in [2.75, 3.05) is 42.1 Å². The fraction of sp³-hybridized carbons (Fsp3) is 0.348. The van der Waals surface area contributed by atoms with E-state index in [9.17, 15) is 4.79 Å². The summed E-state index contributed by atoms with van der Waals surface area (Å²) in [7, 11) is 0. The third-order valence-electron chi connectivity index (χ3n) is 4.96. The second kappa shape index (κ2) is 9.27. The van der Waals surface area contributed by atoms with Crippen LogP contribution in [-0.4, -0.2) is 62.7 Å². The summed E-state index contributed by atoms with van der Waals surface area (Å²) < 4.78 is 5.48. The molecule has 0 saturated carbocycles. The molecular formula is C23H28N8O2. The minimum Gasteiger partial charge on any atom is -0.444 e. The second-order valence-electron chi connectivity index (χ2n) is 8.74. The van der Waals surface area contributed by atoms with E-state index >= 15 is 0 Å². The highest BCUT2D eigenvalue weighted by Gasteiger charge is 2.26. The molecule has 4 rings (SSSR count). The van der Waals surface area contributed by atoms with E-state index in [1.807, 2.05) is 39.0 Å². The number of piperazine rings is 1. The van der Waals surface area contributed by atoms with Crippen molar-refractivity contribution >= 4 is 29.2 Å². The number of pyridine rings is 2. The van der Waals surface area contributed by atoms with Crippen LogP contribution in [0.5, 0.6) is 0 Å². The van der Waals surface area contributed by atoms with E-state index < -0.39 is 5.60 Å². The van der Waals surface area contributed by atoms with Gasteiger partial charge < -0.3 is 25.6 Å². The monoisotopic (exact) mass is 448 g/mol. The summed E-state index contributed by atoms with van der Waals surface area (Å²) in [6, 6.07) is 7.45. The first-order valence-electron chi connectivity index (χ1n) is 10.8. The predicted molar refractivity (Wildman–Crippen MR) is 127 cm³/mol. The third kappa shape index (κ3) is 5.85. The van der Waals surface area contributed by atoms with Gasteiger partial charge in [0.05, 0.1) is 11.9 Å². The molecule has 10 nitrogen and oxygen atoms in total. The Morgan fingerprint density at radius 2 is 1.82 bits per heavy atom. The topological polar surface area (TPSA) is 122 Å². The first-order chi connectivity index (χ1) is 15.8. The summed E-state index contributed by atoms with van der Waals surface area (Å²) in [6.07, 6.45) is 6.30. The van der Waals surface area contributed by atoms with Gasteiger partial charge >= 0.3 is 6.09 Å². The number of hydrogen-bond donors (Lipinski definition) is 2. The Labute approximate surface area is 192 Å². The summed E-state index contributed by atoms with van der Waals surface area (Å²) in [5.74, 6) is 1.98. The van der Waals surface area contributed by atoms with Crippen LogP contribution in [0.15, 0.2) is 49.1 Å². The predicted octanol–water partition coefficient (Wildman–Crippen LogP) is 3.32. The molecule has 1 aliphatic rings. The van der Waals surface area contributed by atoms with Gasteiger partial charge in [0.25, 0.3) is 0 Å². The lowest BCUT2D eigenvalue weighted by Crippen LogP contribution is -2.50. The number of hydrogen-bond acceptors (Lipinski definition) is 9. The van der Waals surface area contributed by atoms with Crippen LogP contribution in [0.2, 0.25) is 0 Å². The Morgan fingerprint density at radius 3 is 2.52 bits per heavy atom. The highest BCUT2D eigenvalue weighted by atomic mass is 16.6. The van der Waals surface area contributed by atoms with Crippen molar-refractivity contribution in [3.63, 3.8) is 0 Å². The molecule has 10 heteroatoms. The van der Waals surface area contributed by atoms with Gasteiger partial charge in [-0.25, -0.2) is 19.7 Å². The molecule has 0 unspecified atom stereocenters. The second-order valence-corrected chi connectivity index (χ2v) is 8.74. The number of ether oxygens (including phenoxy) is 1. The molecule has 1 fully saturated rings. The standard InChI is InChI=1S/C23H28N8O2/c1-23(2,3)33-22(32)31-10-8-30(9-11-31)21-12-16(4-5-27-21)18-13-17(24)14-19(28-18)29-20-15-25-6-7-26-20/h4-7,12-15H,8-11H2,1-3H3,(H3,24,26,28,29). The van der Waals surface area contributed by atoms with Crippen LogP contribution in [0, 0.1) is 0 Å². The molecule has 172 valence electrons. The van der Waals surface area contributed by atoms with Crippen molar-refractivity contribution in [3.8, 4) is 11.3 Å². The third-order valence-corrected chi connectivity index (χ3v) is 4.96. The number of nitrogens with two attached hydrogens (primary N) is 1. The number of carbonyl (C=O) groups is 1. The fourth-order valence-electron chi connectivity index (χ4n) is 3.45. The number of rotatable bonds is 4. The van der Waals surface area contributed by atoms with E-state index in [1.165, 1.54) is 0 Å². The maximum absolute atomic E-state index is 12.3. The molecule has 1 aliphatic heterocycles. The molecule has 1 amide bonds. The number of nitrogens with zero attached hydrogens (tertiary/aromatic N) is 6. The maximum atomic E-state index is 12.3. The van der Waals surface area contributed by atoms with E-state index in [0.717, 1.165) is 17.1 Å². The maximum Gasteiger partial charge on any atom is 0.410 e. The van der Waals surface area contributed by atoms with Gasteiger partial charge in [-0.3, -0.25) is 4.98 Å². The number of amides is 1. The molecule has 1 saturated heterocycles. The summed E-state index contributed by atoms with van der Waals surface area (Å²) >= 11 is 0. The summed E-state index contributed by atoms with van der Waals surface area (Å²) in [6.45, 7) is 8.09. The summed E-state index contributed by atoms with van der Waals surface area (Å²) in [5.41, 5.74) is 7.81. The van der Waals surface area contributed by atoms with Crippen LogP contribution >= 0.6 is 0 Å². The van der Waals surface area contributed by atoms with Crippen molar-refractivity contribution in [2.24, 2.45) is 0 Å². The lowest BCUT2D eigenvalue weighted by Gasteiger charge is -2.36. The van der Waals surface area contributed by atoms with Crippen molar-refractivity contribution in [1.29, 1.82) is 0 Å². The van der Waals surface area contributed by atoms with E-state index in [2.05, 4.69) is 30.2 Å². The van der Waals surface area contributed by atoms with Gasteiger partial charge in [0.1, 0.15) is 23.1 Å². The average molecular weight is 449 g/mol. The molecule has 0 atom stereocenters. The van der Waals surface area contributed by atoms with Gasteiger partial charge in [-0.15, -0.1) is 0 Å². The first kappa shape index (κ1) is 22.3. The van der Waals surface area contributed by atoms with Crippen LogP contribution in [-0.2, 0) is 4.74 Å². The SMILES string of the molecule is CC(C)(C)OC(=O)N1CCN(c2cc(-c3cc(N)cc(Nc4cnccn4)n3)ccn2)CC1. The van der Waals surface area contributed by atoms with Gasteiger partial charge in [0, 0.05) is 62.1 Å². The Kier molecular flexibility index (Phi) is 6.25. The van der Waals surface area contributed by atoms with Gasteiger partial charge in [0.2, 0.25) is 0 Å². The van der Waals surface area contributed by atoms with Crippen molar-refractivity contribution in [3.05, 3.63) is 49.1 Å². The molecule has 0 spiro atoms. The van der Waals surface area contributed by atoms with E-state index in [1.54, 1.807) is 35.8 Å². The van der Waals surface area contributed by atoms with E-state index in [4.69, 9.17) is 10.5 Å². The number of carbonyl (C=O) groups excluding carboxylic acids is 1. The minimum absolute atomic E-state index is 0.282. The summed E-state index contributed by atoms with van der Waals surface area (Å²) in [5, 5.41) is 3.12. The zero-order valence-electron chi connectivity index (χ0n) is 19.0. The largest absolute Gasteiger partial charge is 0.444 e. The number of aromatic nitrogens is 4. The first-order valence-corrected chi connectivity index (χ1v) is 10.8. The lowest BCUT2D eigenvalue weighted by molar-refractivity contribution is 0.0240. The molecule has 3 aromatic rings. The highest BCUT2D eigenvalue weighted by molar-refractivity contribution is 5.71. The molecule has 0 aliphatic carbocycles. The molecule has 3 N–H and O–H groups in total. The molecular weight excluding hydrogens is 420 g/mol. The Bertz CT molecular complexity index is 1110. The molecule has 3 aromatic heterocycles. The molecule has 33 heavy (non-hydrogen) atoms. The Balaban J connectivity index is 1.47. The summed E-state index contributed by atoms with van der Waals surface area (Å²) in [4.78, 5) is 33.7. The minimum atomic E-state index is -0.505. The molecule has 0 radical (unpaired) electrons. The number of anilines is 4. The Hall–Kier alpha value is -3.95. The van der Waals surface area contributed by atoms with Crippen LogP contribution in [0.4, 0.5) is 27.9 Å². The molecule has 0 bridgehead atoms. The van der Waals surface area contributed by atoms with Crippen molar-refractivity contribution < 1.29 is 9.53 Å². The normalized spacial score (nSPS) is 14.2.